The van der Waals surface area contributed by atoms with Gasteiger partial charge in [0.2, 0.25) is 0 Å². The third-order valence-electron chi connectivity index (χ3n) is 4.81. The highest BCUT2D eigenvalue weighted by Gasteiger charge is 2.26. The lowest BCUT2D eigenvalue weighted by molar-refractivity contribution is 0.0929. The van der Waals surface area contributed by atoms with Gasteiger partial charge < -0.3 is 9.84 Å². The van der Waals surface area contributed by atoms with Crippen LogP contribution in [0.15, 0.2) is 52.4 Å². The van der Waals surface area contributed by atoms with Crippen LogP contribution in [0.25, 0.3) is 10.6 Å². The molecule has 1 amide bonds. The van der Waals surface area contributed by atoms with Crippen LogP contribution < -0.4 is 5.32 Å². The predicted molar refractivity (Wildman–Crippen MR) is 107 cm³/mol. The Bertz CT molecular complexity index is 904. The molecule has 140 valence electrons. The molecule has 5 nitrogen and oxygen atoms in total. The maximum absolute atomic E-state index is 12.6. The zero-order chi connectivity index (χ0) is 18.6. The van der Waals surface area contributed by atoms with Crippen LogP contribution in [-0.2, 0) is 0 Å². The van der Waals surface area contributed by atoms with Crippen molar-refractivity contribution < 1.29 is 9.32 Å². The molecule has 1 saturated heterocycles. The monoisotopic (exact) mass is 401 g/mol. The Balaban J connectivity index is 1.47. The van der Waals surface area contributed by atoms with E-state index in [9.17, 15) is 4.79 Å². The molecule has 0 radical (unpaired) electrons. The van der Waals surface area contributed by atoms with E-state index in [1.165, 1.54) is 12.8 Å². The van der Waals surface area contributed by atoms with E-state index < -0.39 is 0 Å². The first-order valence-electron chi connectivity index (χ1n) is 8.99. The van der Waals surface area contributed by atoms with Crippen molar-refractivity contribution in [1.29, 1.82) is 0 Å². The van der Waals surface area contributed by atoms with Gasteiger partial charge in [0, 0.05) is 17.6 Å². The molecule has 1 aromatic carbocycles. The molecule has 0 saturated carbocycles. The van der Waals surface area contributed by atoms with Crippen LogP contribution in [0.1, 0.15) is 34.9 Å². The topological polar surface area (TPSA) is 58.4 Å². The van der Waals surface area contributed by atoms with Gasteiger partial charge in [-0.25, -0.2) is 0 Å². The first kappa shape index (κ1) is 18.2. The molecule has 27 heavy (non-hydrogen) atoms. The third-order valence-corrected chi connectivity index (χ3v) is 6.04. The molecule has 0 spiro atoms. The van der Waals surface area contributed by atoms with Crippen molar-refractivity contribution in [3.8, 4) is 10.6 Å². The predicted octanol–water partition coefficient (Wildman–Crippen LogP) is 4.62. The van der Waals surface area contributed by atoms with Crippen LogP contribution in [0.5, 0.6) is 0 Å². The van der Waals surface area contributed by atoms with E-state index in [2.05, 4.69) is 15.4 Å². The SMILES string of the molecule is O=C(NCC(c1ccccc1Cl)N1CCCC1)c1cc(-c2cccs2)on1. The number of hydrogen-bond donors (Lipinski definition) is 1. The lowest BCUT2D eigenvalue weighted by Crippen LogP contribution is -2.37. The second kappa shape index (κ2) is 8.25. The summed E-state index contributed by atoms with van der Waals surface area (Å²) in [6.45, 7) is 2.50. The third kappa shape index (κ3) is 4.08. The number of nitrogens with one attached hydrogen (secondary N) is 1. The number of amides is 1. The van der Waals surface area contributed by atoms with Crippen LogP contribution in [0.3, 0.4) is 0 Å². The second-order valence-corrected chi connectivity index (χ2v) is 7.90. The maximum atomic E-state index is 12.6. The van der Waals surface area contributed by atoms with Crippen molar-refractivity contribution in [1.82, 2.24) is 15.4 Å². The number of hydrogen-bond acceptors (Lipinski definition) is 5. The second-order valence-electron chi connectivity index (χ2n) is 6.54. The van der Waals surface area contributed by atoms with Gasteiger partial charge in [-0.05, 0) is 49.0 Å². The van der Waals surface area contributed by atoms with E-state index in [-0.39, 0.29) is 17.6 Å². The molecule has 1 N–H and O–H groups in total. The normalized spacial score (nSPS) is 15.7. The molecule has 7 heteroatoms. The minimum absolute atomic E-state index is 0.0498. The average molecular weight is 402 g/mol. The van der Waals surface area contributed by atoms with Gasteiger partial charge in [0.1, 0.15) is 0 Å². The molecule has 3 aromatic rings. The summed E-state index contributed by atoms with van der Waals surface area (Å²) < 4.78 is 5.31. The zero-order valence-electron chi connectivity index (χ0n) is 14.7. The van der Waals surface area contributed by atoms with Crippen LogP contribution in [0.2, 0.25) is 5.02 Å². The van der Waals surface area contributed by atoms with E-state index in [1.807, 2.05) is 41.8 Å². The number of halogens is 1. The van der Waals surface area contributed by atoms with Gasteiger partial charge in [0.05, 0.1) is 10.9 Å². The number of thiophene rings is 1. The summed E-state index contributed by atoms with van der Waals surface area (Å²) in [6.07, 6.45) is 2.34. The Hall–Kier alpha value is -2.15. The van der Waals surface area contributed by atoms with Gasteiger partial charge in [0.25, 0.3) is 5.91 Å². The van der Waals surface area contributed by atoms with Gasteiger partial charge in [-0.3, -0.25) is 9.69 Å². The quantitative estimate of drug-likeness (QED) is 0.654. The molecule has 1 aliphatic heterocycles. The first-order valence-corrected chi connectivity index (χ1v) is 10.3. The fourth-order valence-corrected chi connectivity index (χ4v) is 4.37. The Kier molecular flexibility index (Phi) is 5.57. The van der Waals surface area contributed by atoms with Crippen molar-refractivity contribution in [3.05, 3.63) is 64.1 Å². The number of carbonyl (C=O) groups is 1. The van der Waals surface area contributed by atoms with Crippen molar-refractivity contribution in [2.24, 2.45) is 0 Å². The van der Waals surface area contributed by atoms with E-state index in [0.717, 1.165) is 28.6 Å². The fourth-order valence-electron chi connectivity index (χ4n) is 3.43. The molecule has 0 aliphatic carbocycles. The summed E-state index contributed by atoms with van der Waals surface area (Å²) in [5, 5.41) is 9.61. The number of aromatic nitrogens is 1. The summed E-state index contributed by atoms with van der Waals surface area (Å²) >= 11 is 7.97. The van der Waals surface area contributed by atoms with E-state index >= 15 is 0 Å². The first-order chi connectivity index (χ1) is 13.2. The molecular formula is C20H20ClN3O2S. The summed E-state index contributed by atoms with van der Waals surface area (Å²) in [5.41, 5.74) is 1.33. The molecule has 0 bridgehead atoms. The Morgan fingerprint density at radius 2 is 2.07 bits per heavy atom. The number of nitrogens with zero attached hydrogens (tertiary/aromatic N) is 2. The van der Waals surface area contributed by atoms with Crippen LogP contribution in [-0.4, -0.2) is 35.6 Å². The zero-order valence-corrected chi connectivity index (χ0v) is 16.3. The molecule has 2 aromatic heterocycles. The highest BCUT2D eigenvalue weighted by Crippen LogP contribution is 2.30. The Morgan fingerprint density at radius 1 is 1.26 bits per heavy atom. The van der Waals surface area contributed by atoms with E-state index in [1.54, 1.807) is 17.4 Å². The van der Waals surface area contributed by atoms with Crippen molar-refractivity contribution in [2.45, 2.75) is 18.9 Å². The van der Waals surface area contributed by atoms with Gasteiger partial charge in [-0.1, -0.05) is 41.0 Å². The van der Waals surface area contributed by atoms with Crippen LogP contribution in [0, 0.1) is 0 Å². The molecule has 1 aliphatic rings. The molecule has 1 atom stereocenters. The Labute approximate surface area is 166 Å². The number of carbonyl (C=O) groups excluding carboxylic acids is 1. The molecule has 3 heterocycles. The van der Waals surface area contributed by atoms with Crippen LogP contribution >= 0.6 is 22.9 Å². The standard InChI is InChI=1S/C20H20ClN3O2S/c21-15-7-2-1-6-14(15)17(24-9-3-4-10-24)13-22-20(25)16-12-18(26-23-16)19-8-5-11-27-19/h1-2,5-8,11-12,17H,3-4,9-10,13H2,(H,22,25). The van der Waals surface area contributed by atoms with Crippen molar-refractivity contribution in [2.75, 3.05) is 19.6 Å². The van der Waals surface area contributed by atoms with Crippen molar-refractivity contribution in [3.63, 3.8) is 0 Å². The molecule has 4 rings (SSSR count). The largest absolute Gasteiger partial charge is 0.355 e. The van der Waals surface area contributed by atoms with Crippen LogP contribution in [0.4, 0.5) is 0 Å². The van der Waals surface area contributed by atoms with Gasteiger partial charge in [-0.15, -0.1) is 11.3 Å². The lowest BCUT2D eigenvalue weighted by Gasteiger charge is -2.28. The van der Waals surface area contributed by atoms with E-state index in [0.29, 0.717) is 12.3 Å². The fraction of sp³-hybridized carbons (Fsp3) is 0.300. The highest BCUT2D eigenvalue weighted by atomic mass is 35.5. The number of benzene rings is 1. The molecular weight excluding hydrogens is 382 g/mol. The van der Waals surface area contributed by atoms with E-state index in [4.69, 9.17) is 16.1 Å². The summed E-state index contributed by atoms with van der Waals surface area (Å²) in [4.78, 5) is 15.9. The lowest BCUT2D eigenvalue weighted by atomic mass is 10.1. The summed E-state index contributed by atoms with van der Waals surface area (Å²) in [7, 11) is 0. The minimum Gasteiger partial charge on any atom is -0.355 e. The minimum atomic E-state index is -0.238. The number of rotatable bonds is 6. The number of likely N-dealkylation sites (tertiary alicyclic amines) is 1. The van der Waals surface area contributed by atoms with Gasteiger partial charge >= 0.3 is 0 Å². The summed E-state index contributed by atoms with van der Waals surface area (Å²) in [5.74, 6) is 0.371. The smallest absolute Gasteiger partial charge is 0.273 e. The average Bonchev–Trinajstić information content (AvgIpc) is 3.44. The summed E-state index contributed by atoms with van der Waals surface area (Å²) in [6, 6.07) is 13.4. The van der Waals surface area contributed by atoms with Crippen molar-refractivity contribution >= 4 is 28.8 Å². The molecule has 1 fully saturated rings. The maximum Gasteiger partial charge on any atom is 0.273 e. The highest BCUT2D eigenvalue weighted by molar-refractivity contribution is 7.13. The van der Waals surface area contributed by atoms with Gasteiger partial charge in [0.15, 0.2) is 11.5 Å². The van der Waals surface area contributed by atoms with Gasteiger partial charge in [-0.2, -0.15) is 0 Å². The molecule has 1 unspecified atom stereocenters. The Morgan fingerprint density at radius 3 is 2.81 bits per heavy atom.